The molecule has 144 valence electrons. The SMILES string of the molecule is [N-]=[N+]=NCOC1C[C@H](n2cc(C#CCN)c(N)nc2=O)O[C@@H]1CPPP=O. The fraction of sp³-hybridized carbons (Fsp3) is 0.538. The normalized spacial score (nSPS) is 22.3. The molecule has 1 aromatic heterocycles. The van der Waals surface area contributed by atoms with E-state index in [2.05, 4.69) is 26.9 Å². The Bertz CT molecular complexity index is 833. The summed E-state index contributed by atoms with van der Waals surface area (Å²) < 4.78 is 23.5. The molecule has 1 saturated heterocycles. The van der Waals surface area contributed by atoms with Crippen LogP contribution in [0.5, 0.6) is 0 Å². The van der Waals surface area contributed by atoms with Crippen molar-refractivity contribution in [1.82, 2.24) is 9.55 Å². The van der Waals surface area contributed by atoms with Crippen molar-refractivity contribution in [2.24, 2.45) is 10.8 Å². The number of anilines is 1. The number of hydrogen-bond donors (Lipinski definition) is 2. The van der Waals surface area contributed by atoms with Crippen molar-refractivity contribution in [3.63, 3.8) is 0 Å². The molecule has 5 atom stereocenters. The van der Waals surface area contributed by atoms with E-state index in [-0.39, 0.29) is 47.4 Å². The first kappa shape index (κ1) is 21.7. The molecule has 1 aliphatic rings. The Labute approximate surface area is 159 Å². The summed E-state index contributed by atoms with van der Waals surface area (Å²) in [6.07, 6.45) is 1.17. The molecule has 0 bridgehead atoms. The lowest BCUT2D eigenvalue weighted by atomic mass is 10.2. The minimum Gasteiger partial charge on any atom is -0.382 e. The maximum Gasteiger partial charge on any atom is 0.351 e. The van der Waals surface area contributed by atoms with Crippen LogP contribution in [0.1, 0.15) is 18.2 Å². The smallest absolute Gasteiger partial charge is 0.351 e. The number of nitrogen functional groups attached to an aromatic ring is 1. The second kappa shape index (κ2) is 11.3. The fourth-order valence-corrected chi connectivity index (χ4v) is 5.68. The van der Waals surface area contributed by atoms with Crippen LogP contribution in [0.25, 0.3) is 10.4 Å². The van der Waals surface area contributed by atoms with Gasteiger partial charge in [0.05, 0.1) is 24.3 Å². The fourth-order valence-electron chi connectivity index (χ4n) is 2.49. The number of aromatic nitrogens is 2. The van der Waals surface area contributed by atoms with E-state index < -0.39 is 11.9 Å². The Balaban J connectivity index is 2.22. The van der Waals surface area contributed by atoms with Gasteiger partial charge in [-0.05, 0) is 19.7 Å². The molecule has 1 aromatic rings. The van der Waals surface area contributed by atoms with Gasteiger partial charge in [-0.15, -0.1) is 0 Å². The first-order chi connectivity index (χ1) is 13.1. The molecule has 14 heteroatoms. The third-order valence-electron chi connectivity index (χ3n) is 3.63. The van der Waals surface area contributed by atoms with E-state index in [1.165, 1.54) is 10.8 Å². The maximum atomic E-state index is 12.3. The van der Waals surface area contributed by atoms with Crippen LogP contribution in [0.4, 0.5) is 5.82 Å². The average molecular weight is 429 g/mol. The number of nitrogens with zero attached hydrogens (tertiary/aromatic N) is 5. The van der Waals surface area contributed by atoms with Crippen LogP contribution in [-0.2, 0) is 14.0 Å². The van der Waals surface area contributed by atoms with Gasteiger partial charge in [-0.1, -0.05) is 25.2 Å². The van der Waals surface area contributed by atoms with Gasteiger partial charge in [0.1, 0.15) is 18.8 Å². The summed E-state index contributed by atoms with van der Waals surface area (Å²) in [5, 5.41) is 3.37. The Morgan fingerprint density at radius 3 is 3.15 bits per heavy atom. The Morgan fingerprint density at radius 2 is 2.44 bits per heavy atom. The lowest BCUT2D eigenvalue weighted by molar-refractivity contribution is -0.0259. The molecule has 4 N–H and O–H groups in total. The van der Waals surface area contributed by atoms with Gasteiger partial charge >= 0.3 is 5.69 Å². The van der Waals surface area contributed by atoms with Crippen LogP contribution in [0.2, 0.25) is 0 Å². The third-order valence-corrected chi connectivity index (χ3v) is 8.10. The number of hydrogen-bond acceptors (Lipinski definition) is 8. The Hall–Kier alpha value is -1.61. The van der Waals surface area contributed by atoms with E-state index in [0.29, 0.717) is 26.4 Å². The van der Waals surface area contributed by atoms with E-state index in [0.717, 1.165) is 0 Å². The first-order valence-electron chi connectivity index (χ1n) is 7.76. The molecular formula is C13H18N7O4P3. The van der Waals surface area contributed by atoms with Gasteiger partial charge in [0.2, 0.25) is 0 Å². The maximum absolute atomic E-state index is 12.3. The Kier molecular flexibility index (Phi) is 9.06. The average Bonchev–Trinajstić information content (AvgIpc) is 3.04. The molecule has 0 amide bonds. The van der Waals surface area contributed by atoms with Gasteiger partial charge in [0, 0.05) is 17.5 Å². The molecule has 0 radical (unpaired) electrons. The van der Waals surface area contributed by atoms with Gasteiger partial charge < -0.3 is 20.9 Å². The van der Waals surface area contributed by atoms with Gasteiger partial charge in [-0.3, -0.25) is 9.13 Å². The van der Waals surface area contributed by atoms with Crippen LogP contribution < -0.4 is 17.2 Å². The lowest BCUT2D eigenvalue weighted by Gasteiger charge is -2.17. The number of azide groups is 1. The monoisotopic (exact) mass is 429 g/mol. The van der Waals surface area contributed by atoms with E-state index in [4.69, 9.17) is 26.5 Å². The predicted molar refractivity (Wildman–Crippen MR) is 105 cm³/mol. The van der Waals surface area contributed by atoms with E-state index in [1.54, 1.807) is 0 Å². The Morgan fingerprint density at radius 1 is 1.63 bits per heavy atom. The minimum absolute atomic E-state index is 0.0278. The van der Waals surface area contributed by atoms with Crippen LogP contribution in [0.15, 0.2) is 16.1 Å². The summed E-state index contributed by atoms with van der Waals surface area (Å²) >= 11 is 0. The second-order valence-electron chi connectivity index (χ2n) is 5.25. The van der Waals surface area contributed by atoms with Crippen LogP contribution >= 0.6 is 24.4 Å². The highest BCUT2D eigenvalue weighted by molar-refractivity contribution is 8.40. The molecule has 1 fully saturated rings. The third kappa shape index (κ3) is 6.21. The quantitative estimate of drug-likeness (QED) is 0.158. The van der Waals surface area contributed by atoms with Gasteiger partial charge in [0.25, 0.3) is 0 Å². The van der Waals surface area contributed by atoms with Crippen LogP contribution in [0.3, 0.4) is 0 Å². The van der Waals surface area contributed by atoms with Crippen molar-refractivity contribution in [2.75, 3.05) is 25.2 Å². The molecule has 0 saturated carbocycles. The summed E-state index contributed by atoms with van der Waals surface area (Å²) in [4.78, 5) is 18.7. The van der Waals surface area contributed by atoms with Gasteiger partial charge in [0.15, 0.2) is 8.15 Å². The zero-order chi connectivity index (χ0) is 19.6. The van der Waals surface area contributed by atoms with Gasteiger partial charge in [-0.25, -0.2) is 4.79 Å². The zero-order valence-electron chi connectivity index (χ0n) is 14.1. The van der Waals surface area contributed by atoms with Crippen molar-refractivity contribution < 1.29 is 14.0 Å². The van der Waals surface area contributed by atoms with Crippen molar-refractivity contribution in [1.29, 1.82) is 0 Å². The van der Waals surface area contributed by atoms with E-state index in [1.807, 2.05) is 0 Å². The molecule has 0 aromatic carbocycles. The highest BCUT2D eigenvalue weighted by Crippen LogP contribution is 2.48. The summed E-state index contributed by atoms with van der Waals surface area (Å²) in [6.45, 7) is 0.0116. The number of ether oxygens (including phenoxy) is 2. The highest BCUT2D eigenvalue weighted by Gasteiger charge is 2.37. The molecule has 2 heterocycles. The van der Waals surface area contributed by atoms with Gasteiger partial charge in [-0.2, -0.15) is 4.98 Å². The summed E-state index contributed by atoms with van der Waals surface area (Å²) in [6, 6.07) is 0. The molecule has 3 unspecified atom stereocenters. The molecule has 11 nitrogen and oxygen atoms in total. The summed E-state index contributed by atoms with van der Waals surface area (Å²) in [5.74, 6) is 5.47. The lowest BCUT2D eigenvalue weighted by Crippen LogP contribution is -2.28. The molecule has 2 rings (SSSR count). The largest absolute Gasteiger partial charge is 0.382 e. The topological polar surface area (TPSA) is 171 Å². The van der Waals surface area contributed by atoms with Crippen LogP contribution in [0, 0.1) is 11.8 Å². The predicted octanol–water partition coefficient (Wildman–Crippen LogP) is 1.55. The second-order valence-corrected chi connectivity index (χ2v) is 10.7. The van der Waals surface area contributed by atoms with Crippen LogP contribution in [-0.4, -0.2) is 41.2 Å². The first-order valence-corrected chi connectivity index (χ1v) is 12.6. The van der Waals surface area contributed by atoms with E-state index in [9.17, 15) is 9.36 Å². The molecule has 1 aliphatic heterocycles. The molecular weight excluding hydrogens is 411 g/mol. The minimum atomic E-state index is -0.622. The number of rotatable bonds is 8. The summed E-state index contributed by atoms with van der Waals surface area (Å²) in [7, 11) is 0.818. The van der Waals surface area contributed by atoms with Crippen molar-refractivity contribution in [3.8, 4) is 11.8 Å². The van der Waals surface area contributed by atoms with Crippen molar-refractivity contribution >= 4 is 30.2 Å². The summed E-state index contributed by atoms with van der Waals surface area (Å²) in [5.41, 5.74) is 19.3. The molecule has 0 spiro atoms. The molecule has 27 heavy (non-hydrogen) atoms. The standard InChI is InChI=1S/C13H18N7O4P3/c14-3-1-2-8-5-20(13(21)18-12(8)15)11-4-9(23-7-17-19-16)10(24-11)6-25-27-26-22/h5,9-11,25,27H,3-4,6-7,14H2,(H2,15,18,21)/t9?,10-,11-/m1/s1. The van der Waals surface area contributed by atoms with Crippen molar-refractivity contribution in [2.45, 2.75) is 24.9 Å². The molecule has 0 aliphatic carbocycles. The zero-order valence-corrected chi connectivity index (χ0v) is 17.0. The van der Waals surface area contributed by atoms with E-state index >= 15 is 0 Å². The van der Waals surface area contributed by atoms with Crippen molar-refractivity contribution in [3.05, 3.63) is 32.7 Å². The highest BCUT2D eigenvalue weighted by atomic mass is 32.4. The number of nitrogens with two attached hydrogens (primary N) is 2.